The minimum absolute atomic E-state index is 0. The van der Waals surface area contributed by atoms with Crippen LogP contribution in [-0.2, 0) is 11.2 Å². The number of aromatic nitrogens is 2. The van der Waals surface area contributed by atoms with Gasteiger partial charge in [0.25, 0.3) is 0 Å². The van der Waals surface area contributed by atoms with Crippen molar-refractivity contribution in [1.29, 1.82) is 0 Å². The topological polar surface area (TPSA) is 83.3 Å². The number of nitrogens with one attached hydrogen (secondary N) is 3. The third-order valence-corrected chi connectivity index (χ3v) is 4.11. The molecule has 0 saturated carbocycles. The molecule has 152 valence electrons. The van der Waals surface area contributed by atoms with Gasteiger partial charge in [0, 0.05) is 31.7 Å². The third-order valence-electron chi connectivity index (χ3n) is 4.11. The van der Waals surface area contributed by atoms with Crippen molar-refractivity contribution in [3.8, 4) is 5.69 Å². The summed E-state index contributed by atoms with van der Waals surface area (Å²) in [5.41, 5.74) is 3.01. The third kappa shape index (κ3) is 7.22. The molecule has 0 aliphatic rings. The average molecular weight is 504 g/mol. The van der Waals surface area contributed by atoms with Gasteiger partial charge in [0.1, 0.15) is 0 Å². The van der Waals surface area contributed by atoms with Gasteiger partial charge in [-0.2, -0.15) is 5.10 Å². The van der Waals surface area contributed by atoms with Gasteiger partial charge in [-0.25, -0.2) is 4.68 Å². The van der Waals surface area contributed by atoms with Gasteiger partial charge < -0.3 is 16.0 Å². The molecular formula is C21H25IN6O. The Bertz CT molecular complexity index is 895. The molecule has 0 aliphatic carbocycles. The Morgan fingerprint density at radius 3 is 2.45 bits per heavy atom. The Balaban J connectivity index is 0.00000300. The van der Waals surface area contributed by atoms with Crippen molar-refractivity contribution in [3.63, 3.8) is 0 Å². The van der Waals surface area contributed by atoms with Crippen LogP contribution >= 0.6 is 24.0 Å². The van der Waals surface area contributed by atoms with Gasteiger partial charge >= 0.3 is 0 Å². The van der Waals surface area contributed by atoms with E-state index in [0.717, 1.165) is 17.8 Å². The molecule has 3 N–H and O–H groups in total. The van der Waals surface area contributed by atoms with Gasteiger partial charge in [-0.15, -0.1) is 24.0 Å². The number of halogens is 1. The SMILES string of the molecule is CN=C(NCCc1ccc(-n2cccn2)cc1)NCC(=O)Nc1ccccc1.I. The first-order valence-electron chi connectivity index (χ1n) is 9.13. The van der Waals surface area contributed by atoms with Gasteiger partial charge in [0.15, 0.2) is 5.96 Å². The summed E-state index contributed by atoms with van der Waals surface area (Å²) < 4.78 is 1.83. The van der Waals surface area contributed by atoms with E-state index in [1.54, 1.807) is 13.2 Å². The molecular weight excluding hydrogens is 479 g/mol. The predicted octanol–water partition coefficient (Wildman–Crippen LogP) is 2.84. The number of amides is 1. The molecule has 0 radical (unpaired) electrons. The zero-order chi connectivity index (χ0) is 19.6. The number of rotatable bonds is 7. The van der Waals surface area contributed by atoms with Crippen LogP contribution in [0.4, 0.5) is 5.69 Å². The molecule has 0 saturated heterocycles. The molecule has 0 unspecified atom stereocenters. The summed E-state index contributed by atoms with van der Waals surface area (Å²) in [6, 6.07) is 19.5. The van der Waals surface area contributed by atoms with E-state index in [-0.39, 0.29) is 36.4 Å². The molecule has 0 bridgehead atoms. The van der Waals surface area contributed by atoms with Crippen LogP contribution in [0.25, 0.3) is 5.69 Å². The molecule has 29 heavy (non-hydrogen) atoms. The number of benzene rings is 2. The Labute approximate surface area is 187 Å². The Hall–Kier alpha value is -2.88. The van der Waals surface area contributed by atoms with E-state index in [4.69, 9.17) is 0 Å². The van der Waals surface area contributed by atoms with Crippen molar-refractivity contribution >= 4 is 41.5 Å². The highest BCUT2D eigenvalue weighted by molar-refractivity contribution is 14.0. The molecule has 1 amide bonds. The molecule has 0 aliphatic heterocycles. The van der Waals surface area contributed by atoms with E-state index in [0.29, 0.717) is 12.5 Å². The summed E-state index contributed by atoms with van der Waals surface area (Å²) in [6.45, 7) is 0.855. The number of anilines is 1. The van der Waals surface area contributed by atoms with Gasteiger partial charge in [-0.1, -0.05) is 30.3 Å². The van der Waals surface area contributed by atoms with Crippen LogP contribution in [-0.4, -0.2) is 41.8 Å². The first-order chi connectivity index (χ1) is 13.7. The molecule has 2 aromatic carbocycles. The van der Waals surface area contributed by atoms with Crippen molar-refractivity contribution < 1.29 is 4.79 Å². The number of nitrogens with zero attached hydrogens (tertiary/aromatic N) is 3. The fourth-order valence-electron chi connectivity index (χ4n) is 2.67. The number of carbonyl (C=O) groups is 1. The fourth-order valence-corrected chi connectivity index (χ4v) is 2.67. The molecule has 3 rings (SSSR count). The lowest BCUT2D eigenvalue weighted by Crippen LogP contribution is -2.42. The minimum atomic E-state index is -0.122. The number of hydrogen-bond acceptors (Lipinski definition) is 3. The van der Waals surface area contributed by atoms with Crippen molar-refractivity contribution in [1.82, 2.24) is 20.4 Å². The normalized spacial score (nSPS) is 10.7. The standard InChI is InChI=1S/C21H24N6O.HI/c1-22-21(24-16-20(28)26-18-6-3-2-4-7-18)23-14-12-17-8-10-19(11-9-17)27-15-5-13-25-27;/h2-11,13,15H,12,14,16H2,1H3,(H,26,28)(H2,22,23,24);1H. The molecule has 1 heterocycles. The number of aliphatic imine (C=N–C) groups is 1. The van der Waals surface area contributed by atoms with E-state index in [1.807, 2.05) is 59.4 Å². The van der Waals surface area contributed by atoms with Crippen molar-refractivity contribution in [3.05, 3.63) is 78.6 Å². The van der Waals surface area contributed by atoms with Crippen LogP contribution in [0.1, 0.15) is 5.56 Å². The van der Waals surface area contributed by atoms with Crippen LogP contribution in [0.5, 0.6) is 0 Å². The highest BCUT2D eigenvalue weighted by atomic mass is 127. The molecule has 8 heteroatoms. The van der Waals surface area contributed by atoms with Gasteiger partial charge in [0.05, 0.1) is 12.2 Å². The number of guanidine groups is 1. The first-order valence-corrected chi connectivity index (χ1v) is 9.13. The lowest BCUT2D eigenvalue weighted by Gasteiger charge is -2.12. The quantitative estimate of drug-likeness (QED) is 0.263. The molecule has 7 nitrogen and oxygen atoms in total. The summed E-state index contributed by atoms with van der Waals surface area (Å²) >= 11 is 0. The predicted molar refractivity (Wildman–Crippen MR) is 127 cm³/mol. The summed E-state index contributed by atoms with van der Waals surface area (Å²) in [5.74, 6) is 0.472. The maximum atomic E-state index is 12.0. The second kappa shape index (κ2) is 11.8. The lowest BCUT2D eigenvalue weighted by molar-refractivity contribution is -0.115. The highest BCUT2D eigenvalue weighted by Crippen LogP contribution is 2.08. The van der Waals surface area contributed by atoms with Crippen LogP contribution < -0.4 is 16.0 Å². The molecule has 1 aromatic heterocycles. The summed E-state index contributed by atoms with van der Waals surface area (Å²) in [7, 11) is 1.68. The van der Waals surface area contributed by atoms with Gasteiger partial charge in [0.2, 0.25) is 5.91 Å². The van der Waals surface area contributed by atoms with Crippen molar-refractivity contribution in [2.45, 2.75) is 6.42 Å². The van der Waals surface area contributed by atoms with Crippen LogP contribution in [0.15, 0.2) is 78.0 Å². The van der Waals surface area contributed by atoms with Crippen molar-refractivity contribution in [2.75, 3.05) is 25.5 Å². The van der Waals surface area contributed by atoms with Gasteiger partial charge in [-0.3, -0.25) is 9.79 Å². The summed E-state index contributed by atoms with van der Waals surface area (Å²) in [4.78, 5) is 16.1. The zero-order valence-electron chi connectivity index (χ0n) is 16.2. The maximum Gasteiger partial charge on any atom is 0.243 e. The second-order valence-electron chi connectivity index (χ2n) is 6.13. The number of hydrogen-bond donors (Lipinski definition) is 3. The number of carbonyl (C=O) groups excluding carboxylic acids is 1. The maximum absolute atomic E-state index is 12.0. The molecule has 0 spiro atoms. The van der Waals surface area contributed by atoms with E-state index in [9.17, 15) is 4.79 Å². The summed E-state index contributed by atoms with van der Waals surface area (Å²) in [5, 5.41) is 13.3. The monoisotopic (exact) mass is 504 g/mol. The van der Waals surface area contributed by atoms with Crippen LogP contribution in [0.2, 0.25) is 0 Å². The molecule has 0 atom stereocenters. The molecule has 0 fully saturated rings. The van der Waals surface area contributed by atoms with E-state index >= 15 is 0 Å². The van der Waals surface area contributed by atoms with Gasteiger partial charge in [-0.05, 0) is 42.3 Å². The Kier molecular flexibility index (Phi) is 9.16. The smallest absolute Gasteiger partial charge is 0.243 e. The molecule has 3 aromatic rings. The minimum Gasteiger partial charge on any atom is -0.356 e. The fraction of sp³-hybridized carbons (Fsp3) is 0.190. The highest BCUT2D eigenvalue weighted by Gasteiger charge is 2.04. The largest absolute Gasteiger partial charge is 0.356 e. The number of para-hydroxylation sites is 1. The van der Waals surface area contributed by atoms with Crippen LogP contribution in [0, 0.1) is 0 Å². The lowest BCUT2D eigenvalue weighted by atomic mass is 10.1. The second-order valence-corrected chi connectivity index (χ2v) is 6.13. The Morgan fingerprint density at radius 2 is 1.79 bits per heavy atom. The summed E-state index contributed by atoms with van der Waals surface area (Å²) in [6.07, 6.45) is 4.52. The van der Waals surface area contributed by atoms with Crippen LogP contribution in [0.3, 0.4) is 0 Å². The van der Waals surface area contributed by atoms with E-state index in [2.05, 4.69) is 38.2 Å². The Morgan fingerprint density at radius 1 is 1.03 bits per heavy atom. The van der Waals surface area contributed by atoms with E-state index < -0.39 is 0 Å². The first kappa shape index (κ1) is 22.4. The zero-order valence-corrected chi connectivity index (χ0v) is 18.5. The van der Waals surface area contributed by atoms with E-state index in [1.165, 1.54) is 5.56 Å². The average Bonchev–Trinajstić information content (AvgIpc) is 3.26. The van der Waals surface area contributed by atoms with Crippen molar-refractivity contribution in [2.24, 2.45) is 4.99 Å².